The van der Waals surface area contributed by atoms with Gasteiger partial charge in [0.1, 0.15) is 0 Å². The molecule has 0 saturated carbocycles. The summed E-state index contributed by atoms with van der Waals surface area (Å²) in [5, 5.41) is 3.38. The normalized spacial score (nSPS) is 26.6. The highest BCUT2D eigenvalue weighted by Crippen LogP contribution is 2.37. The van der Waals surface area contributed by atoms with Crippen LogP contribution in [-0.4, -0.2) is 30.3 Å². The van der Waals surface area contributed by atoms with Gasteiger partial charge in [-0.25, -0.2) is 0 Å². The van der Waals surface area contributed by atoms with Crippen LogP contribution in [0, 0.1) is 5.92 Å². The zero-order chi connectivity index (χ0) is 12.4. The minimum absolute atomic E-state index is 0.0111. The largest absolute Gasteiger partial charge is 0.375 e. The van der Waals surface area contributed by atoms with Crippen molar-refractivity contribution in [1.82, 2.24) is 10.3 Å². The van der Waals surface area contributed by atoms with Crippen molar-refractivity contribution in [2.75, 3.05) is 19.7 Å². The molecule has 1 unspecified atom stereocenters. The van der Waals surface area contributed by atoms with E-state index in [1.165, 1.54) is 0 Å². The Kier molecular flexibility index (Phi) is 3.22. The molecule has 4 heteroatoms. The molecule has 0 radical (unpaired) electrons. The molecule has 0 aromatic carbocycles. The Labute approximate surface area is 107 Å². The van der Waals surface area contributed by atoms with Crippen LogP contribution in [0.1, 0.15) is 25.0 Å². The molecular formula is C14H20N2O2. The van der Waals surface area contributed by atoms with Gasteiger partial charge < -0.3 is 15.0 Å². The zero-order valence-electron chi connectivity index (χ0n) is 10.6. The summed E-state index contributed by atoms with van der Waals surface area (Å²) in [7, 11) is 0. The smallest absolute Gasteiger partial charge is 0.248 e. The molecule has 2 aliphatic rings. The molecule has 18 heavy (non-hydrogen) atoms. The molecule has 98 valence electrons. The lowest BCUT2D eigenvalue weighted by molar-refractivity contribution is -0.0196. The van der Waals surface area contributed by atoms with Gasteiger partial charge in [-0.1, -0.05) is 6.07 Å². The number of aromatic nitrogens is 1. The number of hydrogen-bond donors (Lipinski definition) is 2. The number of piperidine rings is 1. The first kappa shape index (κ1) is 11.9. The van der Waals surface area contributed by atoms with E-state index in [1.807, 2.05) is 12.1 Å². The molecule has 1 spiro atoms. The fraction of sp³-hybridized carbons (Fsp3) is 0.643. The maximum absolute atomic E-state index is 11.3. The highest BCUT2D eigenvalue weighted by Gasteiger charge is 2.40. The fourth-order valence-electron chi connectivity index (χ4n) is 3.22. The van der Waals surface area contributed by atoms with Crippen LogP contribution in [0.25, 0.3) is 0 Å². The van der Waals surface area contributed by atoms with E-state index in [4.69, 9.17) is 4.74 Å². The number of H-pyrrole nitrogens is 1. The lowest BCUT2D eigenvalue weighted by atomic mass is 9.85. The maximum Gasteiger partial charge on any atom is 0.248 e. The van der Waals surface area contributed by atoms with Crippen molar-refractivity contribution in [3.8, 4) is 0 Å². The Hall–Kier alpha value is -1.13. The molecule has 1 aromatic rings. The second-order valence-electron chi connectivity index (χ2n) is 5.56. The molecule has 3 rings (SSSR count). The lowest BCUT2D eigenvalue weighted by Crippen LogP contribution is -2.41. The minimum Gasteiger partial charge on any atom is -0.375 e. The molecule has 0 aliphatic carbocycles. The highest BCUT2D eigenvalue weighted by molar-refractivity contribution is 5.06. The Morgan fingerprint density at radius 3 is 2.94 bits per heavy atom. The van der Waals surface area contributed by atoms with Crippen LogP contribution in [0.15, 0.2) is 23.0 Å². The van der Waals surface area contributed by atoms with Gasteiger partial charge >= 0.3 is 0 Å². The summed E-state index contributed by atoms with van der Waals surface area (Å²) in [5.41, 5.74) is 1.13. The van der Waals surface area contributed by atoms with Gasteiger partial charge in [0.25, 0.3) is 0 Å². The zero-order valence-corrected chi connectivity index (χ0v) is 10.6. The second kappa shape index (κ2) is 4.86. The minimum atomic E-state index is -0.0111. The SMILES string of the molecule is O=c1cccc(CC2COC3(CCNCC3)C2)[nH]1. The molecule has 1 aromatic heterocycles. The maximum atomic E-state index is 11.3. The quantitative estimate of drug-likeness (QED) is 0.823. The van der Waals surface area contributed by atoms with Crippen molar-refractivity contribution in [2.24, 2.45) is 5.92 Å². The third-order valence-electron chi connectivity index (χ3n) is 4.14. The van der Waals surface area contributed by atoms with Gasteiger partial charge in [0.2, 0.25) is 5.56 Å². The molecule has 0 bridgehead atoms. The van der Waals surface area contributed by atoms with E-state index in [0.717, 1.165) is 51.1 Å². The van der Waals surface area contributed by atoms with Crippen molar-refractivity contribution >= 4 is 0 Å². The third kappa shape index (κ3) is 2.49. The summed E-state index contributed by atoms with van der Waals surface area (Å²) in [6, 6.07) is 5.38. The number of rotatable bonds is 2. The van der Waals surface area contributed by atoms with E-state index in [2.05, 4.69) is 10.3 Å². The molecule has 2 aliphatic heterocycles. The summed E-state index contributed by atoms with van der Waals surface area (Å²) in [6.45, 7) is 2.96. The van der Waals surface area contributed by atoms with Crippen LogP contribution < -0.4 is 10.9 Å². The first-order valence-corrected chi connectivity index (χ1v) is 6.79. The molecule has 2 saturated heterocycles. The topological polar surface area (TPSA) is 54.1 Å². The van der Waals surface area contributed by atoms with Gasteiger partial charge in [-0.2, -0.15) is 0 Å². The molecule has 2 N–H and O–H groups in total. The first-order chi connectivity index (χ1) is 8.76. The average Bonchev–Trinajstić information content (AvgIpc) is 2.73. The van der Waals surface area contributed by atoms with Gasteiger partial charge in [-0.3, -0.25) is 4.79 Å². The van der Waals surface area contributed by atoms with E-state index in [1.54, 1.807) is 6.07 Å². The monoisotopic (exact) mass is 248 g/mol. The van der Waals surface area contributed by atoms with Crippen molar-refractivity contribution in [3.63, 3.8) is 0 Å². The number of nitrogens with one attached hydrogen (secondary N) is 2. The van der Waals surface area contributed by atoms with E-state index in [0.29, 0.717) is 5.92 Å². The number of hydrogen-bond acceptors (Lipinski definition) is 3. The van der Waals surface area contributed by atoms with Crippen molar-refractivity contribution in [2.45, 2.75) is 31.3 Å². The standard InChI is InChI=1S/C14H20N2O2/c17-13-3-1-2-12(16-13)8-11-9-14(18-10-11)4-6-15-7-5-14/h1-3,11,15H,4-10H2,(H,16,17). The van der Waals surface area contributed by atoms with Crippen LogP contribution in [0.4, 0.5) is 0 Å². The summed E-state index contributed by atoms with van der Waals surface area (Å²) in [6.07, 6.45) is 4.29. The molecule has 4 nitrogen and oxygen atoms in total. The number of ether oxygens (including phenoxy) is 1. The fourth-order valence-corrected chi connectivity index (χ4v) is 3.22. The molecule has 2 fully saturated rings. The summed E-state index contributed by atoms with van der Waals surface area (Å²) in [4.78, 5) is 14.2. The van der Waals surface area contributed by atoms with Gasteiger partial charge in [0, 0.05) is 11.8 Å². The third-order valence-corrected chi connectivity index (χ3v) is 4.14. The van der Waals surface area contributed by atoms with Gasteiger partial charge in [0.15, 0.2) is 0 Å². The summed E-state index contributed by atoms with van der Waals surface area (Å²) >= 11 is 0. The Morgan fingerprint density at radius 1 is 1.33 bits per heavy atom. The first-order valence-electron chi connectivity index (χ1n) is 6.79. The lowest BCUT2D eigenvalue weighted by Gasteiger charge is -2.33. The van der Waals surface area contributed by atoms with E-state index < -0.39 is 0 Å². The molecule has 0 amide bonds. The van der Waals surface area contributed by atoms with Gasteiger partial charge in [-0.15, -0.1) is 0 Å². The van der Waals surface area contributed by atoms with Crippen molar-refractivity contribution in [3.05, 3.63) is 34.2 Å². The molecule has 1 atom stereocenters. The highest BCUT2D eigenvalue weighted by atomic mass is 16.5. The summed E-state index contributed by atoms with van der Waals surface area (Å²) < 4.78 is 6.06. The van der Waals surface area contributed by atoms with Crippen LogP contribution in [0.2, 0.25) is 0 Å². The van der Waals surface area contributed by atoms with E-state index >= 15 is 0 Å². The predicted octanol–water partition coefficient (Wildman–Crippen LogP) is 1.08. The van der Waals surface area contributed by atoms with Crippen molar-refractivity contribution in [1.29, 1.82) is 0 Å². The van der Waals surface area contributed by atoms with Crippen LogP contribution in [-0.2, 0) is 11.2 Å². The van der Waals surface area contributed by atoms with E-state index in [9.17, 15) is 4.79 Å². The number of pyridine rings is 1. The second-order valence-corrected chi connectivity index (χ2v) is 5.56. The van der Waals surface area contributed by atoms with Crippen molar-refractivity contribution < 1.29 is 4.74 Å². The van der Waals surface area contributed by atoms with Crippen LogP contribution in [0.5, 0.6) is 0 Å². The molecule has 3 heterocycles. The Balaban J connectivity index is 1.64. The number of aromatic amines is 1. The van der Waals surface area contributed by atoms with Crippen LogP contribution >= 0.6 is 0 Å². The average molecular weight is 248 g/mol. The molecular weight excluding hydrogens is 228 g/mol. The Bertz CT molecular complexity index is 463. The van der Waals surface area contributed by atoms with E-state index in [-0.39, 0.29) is 11.2 Å². The summed E-state index contributed by atoms with van der Waals surface area (Å²) in [5.74, 6) is 0.543. The van der Waals surface area contributed by atoms with Gasteiger partial charge in [-0.05, 0) is 50.8 Å². The van der Waals surface area contributed by atoms with Crippen LogP contribution in [0.3, 0.4) is 0 Å². The van der Waals surface area contributed by atoms with Gasteiger partial charge in [0.05, 0.1) is 12.2 Å². The Morgan fingerprint density at radius 2 is 2.17 bits per heavy atom. The predicted molar refractivity (Wildman–Crippen MR) is 69.7 cm³/mol.